The van der Waals surface area contributed by atoms with Gasteiger partial charge in [-0.3, -0.25) is 4.57 Å². The molecule has 3 heterocycles. The summed E-state index contributed by atoms with van der Waals surface area (Å²) < 4.78 is 2.29. The largest absolute Gasteiger partial charge is 0.294 e. The van der Waals surface area contributed by atoms with Gasteiger partial charge in [0.25, 0.3) is 0 Å². The number of hydrogen-bond acceptors (Lipinski definition) is 5. The van der Waals surface area contributed by atoms with E-state index in [0.29, 0.717) is 0 Å². The zero-order chi connectivity index (χ0) is 31.4. The molecule has 0 spiro atoms. The number of anilines is 3. The standard InChI is InChI=1S/C40H34N4OS/c1-27-12-5-6-15-32(27)28-22-23-41-39(24-28)42-35-17-8-7-16-33(35)34-21-20-31(26-38(34)42)46-30-14-11-13-29(25-30)43-36-18-9-10-19-37(36)44(45-43)40(2,3)4/h5-26H,1-4H3. The lowest BCUT2D eigenvalue weighted by Gasteiger charge is -2.31. The van der Waals surface area contributed by atoms with Gasteiger partial charge in [-0.1, -0.05) is 78.5 Å². The first-order valence-electron chi connectivity index (χ1n) is 15.6. The van der Waals surface area contributed by atoms with Crippen LogP contribution in [0.4, 0.5) is 17.1 Å². The fourth-order valence-electron chi connectivity index (χ4n) is 6.32. The minimum atomic E-state index is -0.195. The Morgan fingerprint density at radius 1 is 0.652 bits per heavy atom. The predicted molar refractivity (Wildman–Crippen MR) is 191 cm³/mol. The third-order valence-corrected chi connectivity index (χ3v) is 9.43. The van der Waals surface area contributed by atoms with Gasteiger partial charge in [-0.25, -0.2) is 10.0 Å². The molecular weight excluding hydrogens is 585 g/mol. The van der Waals surface area contributed by atoms with Crippen molar-refractivity contribution in [3.63, 3.8) is 0 Å². The van der Waals surface area contributed by atoms with Crippen LogP contribution in [0.25, 0.3) is 38.8 Å². The Labute approximate surface area is 273 Å². The molecule has 0 aliphatic carbocycles. The van der Waals surface area contributed by atoms with Gasteiger partial charge in [0.15, 0.2) is 0 Å². The maximum Gasteiger partial charge on any atom is 0.138 e. The van der Waals surface area contributed by atoms with E-state index in [1.165, 1.54) is 21.9 Å². The van der Waals surface area contributed by atoms with Crippen molar-refractivity contribution in [1.29, 1.82) is 0 Å². The number of aromatic nitrogens is 2. The molecule has 0 radical (unpaired) electrons. The number of benzene rings is 5. The number of hydrogen-bond donors (Lipinski definition) is 0. The topological polar surface area (TPSA) is 33.5 Å². The Hall–Kier alpha value is -5.04. The smallest absolute Gasteiger partial charge is 0.138 e. The normalized spacial score (nSPS) is 13.1. The van der Waals surface area contributed by atoms with Gasteiger partial charge in [-0.2, -0.15) is 5.06 Å². The maximum atomic E-state index is 6.44. The molecule has 1 aliphatic heterocycles. The Bertz CT molecular complexity index is 2250. The molecule has 0 fully saturated rings. The van der Waals surface area contributed by atoms with Crippen molar-refractivity contribution in [2.75, 3.05) is 10.1 Å². The number of para-hydroxylation sites is 3. The summed E-state index contributed by atoms with van der Waals surface area (Å²) in [6, 6.07) is 45.0. The van der Waals surface area contributed by atoms with Crippen molar-refractivity contribution in [1.82, 2.24) is 9.55 Å². The monoisotopic (exact) mass is 618 g/mol. The highest BCUT2D eigenvalue weighted by atomic mass is 32.2. The van der Waals surface area contributed by atoms with Gasteiger partial charge < -0.3 is 0 Å². The minimum absolute atomic E-state index is 0.195. The van der Waals surface area contributed by atoms with Crippen molar-refractivity contribution in [2.45, 2.75) is 43.0 Å². The zero-order valence-electron chi connectivity index (χ0n) is 26.3. The molecule has 46 heavy (non-hydrogen) atoms. The summed E-state index contributed by atoms with van der Waals surface area (Å²) in [5, 5.41) is 6.34. The van der Waals surface area contributed by atoms with Crippen molar-refractivity contribution in [3.05, 3.63) is 139 Å². The molecule has 0 saturated carbocycles. The molecule has 226 valence electrons. The molecule has 0 unspecified atom stereocenters. The summed E-state index contributed by atoms with van der Waals surface area (Å²) in [6.45, 7) is 8.62. The second-order valence-corrected chi connectivity index (χ2v) is 13.8. The second kappa shape index (κ2) is 11.1. The highest BCUT2D eigenvalue weighted by Gasteiger charge is 2.35. The maximum absolute atomic E-state index is 6.44. The molecule has 5 nitrogen and oxygen atoms in total. The van der Waals surface area contributed by atoms with Crippen molar-refractivity contribution in [2.24, 2.45) is 0 Å². The van der Waals surface area contributed by atoms with Gasteiger partial charge in [0.05, 0.1) is 33.6 Å². The zero-order valence-corrected chi connectivity index (χ0v) is 27.1. The molecule has 0 saturated heterocycles. The molecular formula is C40H34N4OS. The molecule has 7 aromatic rings. The van der Waals surface area contributed by atoms with Gasteiger partial charge in [-0.05, 0) is 105 Å². The van der Waals surface area contributed by atoms with Gasteiger partial charge >= 0.3 is 0 Å². The van der Waals surface area contributed by atoms with Crippen LogP contribution in [0.5, 0.6) is 0 Å². The summed E-state index contributed by atoms with van der Waals surface area (Å²) in [6.07, 6.45) is 1.92. The van der Waals surface area contributed by atoms with Crippen LogP contribution in [0.15, 0.2) is 143 Å². The first-order chi connectivity index (χ1) is 22.3. The van der Waals surface area contributed by atoms with E-state index in [9.17, 15) is 0 Å². The number of rotatable bonds is 5. The van der Waals surface area contributed by atoms with Gasteiger partial charge in [0.2, 0.25) is 0 Å². The number of pyridine rings is 1. The van der Waals surface area contributed by atoms with Crippen LogP contribution in [-0.2, 0) is 4.94 Å². The lowest BCUT2D eigenvalue weighted by molar-refractivity contribution is 0.0842. The minimum Gasteiger partial charge on any atom is -0.294 e. The quantitative estimate of drug-likeness (QED) is 0.192. The van der Waals surface area contributed by atoms with E-state index in [2.05, 4.69) is 160 Å². The van der Waals surface area contributed by atoms with Crippen LogP contribution in [0.3, 0.4) is 0 Å². The molecule has 0 bridgehead atoms. The summed E-state index contributed by atoms with van der Waals surface area (Å²) in [7, 11) is 0. The lowest BCUT2D eigenvalue weighted by Crippen LogP contribution is -2.41. The van der Waals surface area contributed by atoms with E-state index in [-0.39, 0.29) is 5.54 Å². The van der Waals surface area contributed by atoms with Crippen LogP contribution < -0.4 is 10.1 Å². The van der Waals surface area contributed by atoms with E-state index in [4.69, 9.17) is 9.92 Å². The van der Waals surface area contributed by atoms with Gasteiger partial charge in [0, 0.05) is 26.8 Å². The van der Waals surface area contributed by atoms with Crippen LogP contribution in [-0.4, -0.2) is 15.1 Å². The Balaban J connectivity index is 1.18. The number of hydroxylamine groups is 1. The third kappa shape index (κ3) is 4.91. The molecule has 0 atom stereocenters. The van der Waals surface area contributed by atoms with Crippen molar-refractivity contribution in [3.8, 4) is 16.9 Å². The number of fused-ring (bicyclic) bond motifs is 4. The third-order valence-electron chi connectivity index (χ3n) is 8.46. The molecule has 0 amide bonds. The van der Waals surface area contributed by atoms with Crippen molar-refractivity contribution < 1.29 is 4.94 Å². The number of aryl methyl sites for hydroxylation is 1. The molecule has 0 N–H and O–H groups in total. The summed E-state index contributed by atoms with van der Waals surface area (Å²) >= 11 is 1.75. The lowest BCUT2D eigenvalue weighted by atomic mass is 10.0. The summed E-state index contributed by atoms with van der Waals surface area (Å²) in [4.78, 5) is 13.6. The van der Waals surface area contributed by atoms with E-state index < -0.39 is 0 Å². The SMILES string of the molecule is Cc1ccccc1-c1ccnc(-n2c3ccccc3c3ccc(Sc4cccc(N5ON(C(C)(C)C)c6ccccc65)c4)cc32)c1. The summed E-state index contributed by atoms with van der Waals surface area (Å²) in [5.41, 5.74) is 8.79. The Morgan fingerprint density at radius 3 is 2.24 bits per heavy atom. The number of nitrogens with zero attached hydrogens (tertiary/aromatic N) is 4. The fourth-order valence-corrected chi connectivity index (χ4v) is 7.23. The average molecular weight is 619 g/mol. The van der Waals surface area contributed by atoms with Crippen LogP contribution in [0.1, 0.15) is 26.3 Å². The molecule has 5 aromatic carbocycles. The van der Waals surface area contributed by atoms with E-state index >= 15 is 0 Å². The van der Waals surface area contributed by atoms with E-state index in [0.717, 1.165) is 49.3 Å². The molecule has 2 aromatic heterocycles. The molecule has 8 rings (SSSR count). The average Bonchev–Trinajstić information content (AvgIpc) is 3.62. The van der Waals surface area contributed by atoms with Gasteiger partial charge in [-0.15, -0.1) is 4.94 Å². The first-order valence-corrected chi connectivity index (χ1v) is 16.4. The Morgan fingerprint density at radius 2 is 1.39 bits per heavy atom. The highest BCUT2D eigenvalue weighted by molar-refractivity contribution is 7.99. The Kier molecular flexibility index (Phi) is 6.85. The molecule has 6 heteroatoms. The van der Waals surface area contributed by atoms with E-state index in [1.54, 1.807) is 11.8 Å². The van der Waals surface area contributed by atoms with E-state index in [1.807, 2.05) is 16.3 Å². The fraction of sp³-hybridized carbons (Fsp3) is 0.125. The highest BCUT2D eigenvalue weighted by Crippen LogP contribution is 2.45. The van der Waals surface area contributed by atoms with Gasteiger partial charge in [0.1, 0.15) is 5.82 Å². The van der Waals surface area contributed by atoms with Crippen molar-refractivity contribution >= 4 is 50.6 Å². The summed E-state index contributed by atoms with van der Waals surface area (Å²) in [5.74, 6) is 0.907. The van der Waals surface area contributed by atoms with Crippen LogP contribution in [0.2, 0.25) is 0 Å². The predicted octanol–water partition coefficient (Wildman–Crippen LogP) is 10.9. The first kappa shape index (κ1) is 28.4. The van der Waals surface area contributed by atoms with Crippen LogP contribution >= 0.6 is 11.8 Å². The second-order valence-electron chi connectivity index (χ2n) is 12.7. The molecule has 1 aliphatic rings. The van der Waals surface area contributed by atoms with Crippen LogP contribution in [0, 0.1) is 6.92 Å².